The molecule has 128 valence electrons. The monoisotopic (exact) mass is 336 g/mol. The first-order valence-corrected chi connectivity index (χ1v) is 8.73. The molecule has 1 aliphatic rings. The Balaban J connectivity index is 2.00. The van der Waals surface area contributed by atoms with Gasteiger partial charge in [0.05, 0.1) is 0 Å². The van der Waals surface area contributed by atoms with Crippen molar-refractivity contribution in [2.24, 2.45) is 0 Å². The molecule has 3 nitrogen and oxygen atoms in total. The van der Waals surface area contributed by atoms with Gasteiger partial charge in [-0.1, -0.05) is 36.4 Å². The number of nitrogens with one attached hydrogen (secondary N) is 1. The van der Waals surface area contributed by atoms with Crippen molar-refractivity contribution in [3.05, 3.63) is 70.4 Å². The van der Waals surface area contributed by atoms with Gasteiger partial charge in [-0.05, 0) is 50.5 Å². The molecule has 1 fully saturated rings. The number of H-pyrrole nitrogens is 1. The van der Waals surface area contributed by atoms with Crippen LogP contribution in [0.1, 0.15) is 24.5 Å². The lowest BCUT2D eigenvalue weighted by molar-refractivity contribution is 0.253. The van der Waals surface area contributed by atoms with E-state index in [1.54, 1.807) is 18.2 Å². The molecular formula is C21H21FN2O. The molecule has 1 N–H and O–H groups in total. The van der Waals surface area contributed by atoms with Gasteiger partial charge in [0.25, 0.3) is 5.56 Å². The Morgan fingerprint density at radius 2 is 1.64 bits per heavy atom. The van der Waals surface area contributed by atoms with Crippen LogP contribution in [-0.4, -0.2) is 30.0 Å². The molecule has 2 aromatic carbocycles. The molecule has 0 bridgehead atoms. The summed E-state index contributed by atoms with van der Waals surface area (Å²) in [7, 11) is 2.11. The van der Waals surface area contributed by atoms with Crippen LogP contribution in [0.4, 0.5) is 4.39 Å². The first-order valence-electron chi connectivity index (χ1n) is 8.73. The molecule has 0 spiro atoms. The van der Waals surface area contributed by atoms with Gasteiger partial charge in [0.2, 0.25) is 0 Å². The molecule has 0 aliphatic carbocycles. The third-order valence-corrected chi connectivity index (χ3v) is 5.23. The topological polar surface area (TPSA) is 36.1 Å². The van der Waals surface area contributed by atoms with Crippen LogP contribution in [-0.2, 0) is 0 Å². The first-order chi connectivity index (χ1) is 12.1. The summed E-state index contributed by atoms with van der Waals surface area (Å²) in [6.07, 6.45) is 1.93. The number of piperidine rings is 1. The van der Waals surface area contributed by atoms with Gasteiger partial charge in [0, 0.05) is 28.1 Å². The van der Waals surface area contributed by atoms with E-state index in [9.17, 15) is 9.18 Å². The summed E-state index contributed by atoms with van der Waals surface area (Å²) in [5.41, 5.74) is 2.18. The van der Waals surface area contributed by atoms with E-state index in [1.807, 2.05) is 24.3 Å². The van der Waals surface area contributed by atoms with Crippen molar-refractivity contribution in [1.82, 2.24) is 9.88 Å². The third kappa shape index (κ3) is 2.87. The normalized spacial score (nSPS) is 16.4. The molecule has 4 heteroatoms. The fraction of sp³-hybridized carbons (Fsp3) is 0.286. The minimum absolute atomic E-state index is 0.0929. The Kier molecular flexibility index (Phi) is 4.14. The van der Waals surface area contributed by atoms with E-state index < -0.39 is 0 Å². The van der Waals surface area contributed by atoms with Crippen LogP contribution in [0.25, 0.3) is 21.9 Å². The molecule has 1 aromatic heterocycles. The van der Waals surface area contributed by atoms with Crippen molar-refractivity contribution in [1.29, 1.82) is 0 Å². The zero-order valence-electron chi connectivity index (χ0n) is 14.3. The summed E-state index contributed by atoms with van der Waals surface area (Å²) in [4.78, 5) is 18.0. The Morgan fingerprint density at radius 3 is 2.36 bits per heavy atom. The van der Waals surface area contributed by atoms with Crippen LogP contribution in [0, 0.1) is 5.82 Å². The zero-order chi connectivity index (χ0) is 17.4. The van der Waals surface area contributed by atoms with Crippen molar-refractivity contribution in [3.8, 4) is 11.1 Å². The summed E-state index contributed by atoms with van der Waals surface area (Å²) in [6.45, 7) is 1.96. The zero-order valence-corrected chi connectivity index (χ0v) is 14.3. The molecule has 0 radical (unpaired) electrons. The molecule has 2 heterocycles. The average Bonchev–Trinajstić information content (AvgIpc) is 2.63. The van der Waals surface area contributed by atoms with Crippen LogP contribution < -0.4 is 5.56 Å². The Labute approximate surface area is 146 Å². The highest BCUT2D eigenvalue weighted by molar-refractivity contribution is 5.97. The number of halogens is 1. The van der Waals surface area contributed by atoms with E-state index in [1.165, 1.54) is 6.07 Å². The number of rotatable bonds is 2. The molecule has 1 saturated heterocycles. The van der Waals surface area contributed by atoms with Gasteiger partial charge < -0.3 is 9.88 Å². The summed E-state index contributed by atoms with van der Waals surface area (Å²) in [5, 5.41) is 1.43. The van der Waals surface area contributed by atoms with Crippen LogP contribution in [0.15, 0.2) is 53.3 Å². The van der Waals surface area contributed by atoms with E-state index in [0.717, 1.165) is 42.6 Å². The van der Waals surface area contributed by atoms with Crippen LogP contribution in [0.2, 0.25) is 0 Å². The second-order valence-corrected chi connectivity index (χ2v) is 6.85. The Hall–Kier alpha value is -2.46. The van der Waals surface area contributed by atoms with Crippen LogP contribution in [0.3, 0.4) is 0 Å². The van der Waals surface area contributed by atoms with Gasteiger partial charge in [0.1, 0.15) is 5.82 Å². The van der Waals surface area contributed by atoms with E-state index in [2.05, 4.69) is 16.9 Å². The lowest BCUT2D eigenvalue weighted by Gasteiger charge is -2.30. The standard InChI is InChI=1S/C21H21FN2O/c1-24-12-10-14(11-13-24)20-19(17-8-4-5-9-18(17)22)15-6-2-3-7-16(15)21(25)23-20/h2-9,14H,10-13H2,1H3,(H,23,25). The minimum Gasteiger partial charge on any atom is -0.325 e. The maximum atomic E-state index is 14.6. The number of aromatic nitrogens is 1. The number of nitrogens with zero attached hydrogens (tertiary/aromatic N) is 1. The van der Waals surface area contributed by atoms with Gasteiger partial charge in [-0.25, -0.2) is 4.39 Å². The van der Waals surface area contributed by atoms with Crippen molar-refractivity contribution in [2.75, 3.05) is 20.1 Å². The van der Waals surface area contributed by atoms with Crippen LogP contribution >= 0.6 is 0 Å². The van der Waals surface area contributed by atoms with Gasteiger partial charge in [-0.2, -0.15) is 0 Å². The number of aromatic amines is 1. The molecule has 4 rings (SSSR count). The van der Waals surface area contributed by atoms with E-state index in [-0.39, 0.29) is 17.3 Å². The first kappa shape index (κ1) is 16.0. The van der Waals surface area contributed by atoms with Crippen LogP contribution in [0.5, 0.6) is 0 Å². The van der Waals surface area contributed by atoms with E-state index in [0.29, 0.717) is 10.9 Å². The van der Waals surface area contributed by atoms with Gasteiger partial charge >= 0.3 is 0 Å². The lowest BCUT2D eigenvalue weighted by Crippen LogP contribution is -2.30. The highest BCUT2D eigenvalue weighted by Crippen LogP contribution is 2.38. The number of likely N-dealkylation sites (tertiary alicyclic amines) is 1. The summed E-state index contributed by atoms with van der Waals surface area (Å²) >= 11 is 0. The number of hydrogen-bond donors (Lipinski definition) is 1. The fourth-order valence-electron chi connectivity index (χ4n) is 3.85. The summed E-state index contributed by atoms with van der Waals surface area (Å²) in [5.74, 6) is -0.0167. The quantitative estimate of drug-likeness (QED) is 0.763. The smallest absolute Gasteiger partial charge is 0.256 e. The van der Waals surface area contributed by atoms with Gasteiger partial charge in [-0.3, -0.25) is 4.79 Å². The van der Waals surface area contributed by atoms with Crippen molar-refractivity contribution in [3.63, 3.8) is 0 Å². The van der Waals surface area contributed by atoms with Gasteiger partial charge in [0.15, 0.2) is 0 Å². The summed E-state index contributed by atoms with van der Waals surface area (Å²) in [6, 6.07) is 14.3. The number of hydrogen-bond acceptors (Lipinski definition) is 2. The number of benzene rings is 2. The second kappa shape index (κ2) is 6.45. The van der Waals surface area contributed by atoms with Crippen molar-refractivity contribution >= 4 is 10.8 Å². The maximum absolute atomic E-state index is 14.6. The predicted octanol–water partition coefficient (Wildman–Crippen LogP) is 4.14. The second-order valence-electron chi connectivity index (χ2n) is 6.85. The SMILES string of the molecule is CN1CCC(c2[nH]c(=O)c3ccccc3c2-c2ccccc2F)CC1. The third-order valence-electron chi connectivity index (χ3n) is 5.23. The molecule has 25 heavy (non-hydrogen) atoms. The van der Waals surface area contributed by atoms with E-state index >= 15 is 0 Å². The molecule has 0 unspecified atom stereocenters. The molecule has 1 aliphatic heterocycles. The summed E-state index contributed by atoms with van der Waals surface area (Å²) < 4.78 is 14.6. The largest absolute Gasteiger partial charge is 0.325 e. The fourth-order valence-corrected chi connectivity index (χ4v) is 3.85. The lowest BCUT2D eigenvalue weighted by atomic mass is 9.86. The molecular weight excluding hydrogens is 315 g/mol. The van der Waals surface area contributed by atoms with Gasteiger partial charge in [-0.15, -0.1) is 0 Å². The maximum Gasteiger partial charge on any atom is 0.256 e. The molecule has 0 amide bonds. The van der Waals surface area contributed by atoms with E-state index in [4.69, 9.17) is 0 Å². The highest BCUT2D eigenvalue weighted by atomic mass is 19.1. The predicted molar refractivity (Wildman–Crippen MR) is 99.4 cm³/mol. The molecule has 3 aromatic rings. The Morgan fingerprint density at radius 1 is 1.00 bits per heavy atom. The van der Waals surface area contributed by atoms with Crippen molar-refractivity contribution in [2.45, 2.75) is 18.8 Å². The highest BCUT2D eigenvalue weighted by Gasteiger charge is 2.25. The van der Waals surface area contributed by atoms with Crippen molar-refractivity contribution < 1.29 is 4.39 Å². The Bertz CT molecular complexity index is 971. The molecule has 0 atom stereocenters. The average molecular weight is 336 g/mol. The minimum atomic E-state index is -0.256. The number of fused-ring (bicyclic) bond motifs is 1. The number of pyridine rings is 1. The molecule has 0 saturated carbocycles.